The molecule has 2 rings (SSSR count). The Morgan fingerprint density at radius 3 is 3.06 bits per heavy atom. The molecule has 2 heterocycles. The topological polar surface area (TPSA) is 67.8 Å². The minimum atomic E-state index is -0.228. The summed E-state index contributed by atoms with van der Waals surface area (Å²) in [6.07, 6.45) is 3.52. The maximum absolute atomic E-state index is 11.6. The van der Waals surface area contributed by atoms with Crippen molar-refractivity contribution in [1.82, 2.24) is 15.2 Å². The number of hydrogen-bond acceptors (Lipinski definition) is 6. The molecular weight excluding hydrogens is 244 g/mol. The van der Waals surface area contributed by atoms with Crippen LogP contribution in [0.5, 0.6) is 0 Å². The van der Waals surface area contributed by atoms with Gasteiger partial charge in [0.1, 0.15) is 5.01 Å². The van der Waals surface area contributed by atoms with Gasteiger partial charge < -0.3 is 0 Å². The number of carbonyl (C=O) groups excluding carboxylic acids is 1. The van der Waals surface area contributed by atoms with Crippen molar-refractivity contribution >= 4 is 33.7 Å². The van der Waals surface area contributed by atoms with Crippen molar-refractivity contribution in [2.24, 2.45) is 0 Å². The molecule has 2 aromatic rings. The summed E-state index contributed by atoms with van der Waals surface area (Å²) in [7, 11) is 0. The van der Waals surface area contributed by atoms with Crippen molar-refractivity contribution in [2.45, 2.75) is 19.8 Å². The molecule has 1 amide bonds. The number of aromatic nitrogens is 3. The lowest BCUT2D eigenvalue weighted by Crippen LogP contribution is -2.10. The van der Waals surface area contributed by atoms with Crippen molar-refractivity contribution in [2.75, 3.05) is 5.32 Å². The van der Waals surface area contributed by atoms with Crippen LogP contribution in [0.3, 0.4) is 0 Å². The minimum absolute atomic E-state index is 0.228. The number of carbonyl (C=O) groups is 1. The van der Waals surface area contributed by atoms with Crippen molar-refractivity contribution < 1.29 is 4.79 Å². The molecule has 1 N–H and O–H groups in total. The Morgan fingerprint density at radius 1 is 1.50 bits per heavy atom. The second-order valence-corrected chi connectivity index (χ2v) is 5.00. The number of amides is 1. The maximum Gasteiger partial charge on any atom is 0.286 e. The predicted octanol–water partition coefficient (Wildman–Crippen LogP) is 2.20. The standard InChI is InChI=1S/C9H10N4OS2/c1-2-3-6-12-13-9(16-6)11-7(14)8-10-4-5-15-8/h4-5H,2-3H2,1H3,(H,11,13,14). The average Bonchev–Trinajstić information content (AvgIpc) is 2.89. The van der Waals surface area contributed by atoms with Crippen molar-refractivity contribution in [3.8, 4) is 0 Å². The van der Waals surface area contributed by atoms with E-state index in [0.717, 1.165) is 17.8 Å². The fraction of sp³-hybridized carbons (Fsp3) is 0.333. The second-order valence-electron chi connectivity index (χ2n) is 3.04. The number of nitrogens with one attached hydrogen (secondary N) is 1. The first kappa shape index (κ1) is 11.2. The Bertz CT molecular complexity index is 466. The molecule has 0 aliphatic heterocycles. The molecule has 0 bridgehead atoms. The largest absolute Gasteiger partial charge is 0.294 e. The summed E-state index contributed by atoms with van der Waals surface area (Å²) in [5, 5.41) is 14.2. The van der Waals surface area contributed by atoms with E-state index < -0.39 is 0 Å². The van der Waals surface area contributed by atoms with Gasteiger partial charge >= 0.3 is 0 Å². The molecule has 0 atom stereocenters. The summed E-state index contributed by atoms with van der Waals surface area (Å²) < 4.78 is 0. The average molecular weight is 254 g/mol. The highest BCUT2D eigenvalue weighted by molar-refractivity contribution is 7.15. The summed E-state index contributed by atoms with van der Waals surface area (Å²) in [4.78, 5) is 15.5. The number of anilines is 1. The van der Waals surface area contributed by atoms with E-state index >= 15 is 0 Å². The van der Waals surface area contributed by atoms with Crippen LogP contribution in [0.25, 0.3) is 0 Å². The summed E-state index contributed by atoms with van der Waals surface area (Å²) in [6, 6.07) is 0. The molecule has 5 nitrogen and oxygen atoms in total. The molecule has 0 saturated heterocycles. The maximum atomic E-state index is 11.6. The Hall–Kier alpha value is -1.34. The van der Waals surface area contributed by atoms with Crippen molar-refractivity contribution in [1.29, 1.82) is 0 Å². The molecule has 0 fully saturated rings. The van der Waals surface area contributed by atoms with Crippen molar-refractivity contribution in [3.63, 3.8) is 0 Å². The normalized spacial score (nSPS) is 10.3. The van der Waals surface area contributed by atoms with Gasteiger partial charge in [-0.25, -0.2) is 4.98 Å². The summed E-state index contributed by atoms with van der Waals surface area (Å²) in [6.45, 7) is 2.08. The van der Waals surface area contributed by atoms with Gasteiger partial charge in [0.25, 0.3) is 5.91 Å². The molecule has 2 aromatic heterocycles. The highest BCUT2D eigenvalue weighted by Gasteiger charge is 2.11. The number of rotatable bonds is 4. The quantitative estimate of drug-likeness (QED) is 0.908. The van der Waals surface area contributed by atoms with Crippen LogP contribution in [0, 0.1) is 0 Å². The fourth-order valence-electron chi connectivity index (χ4n) is 1.11. The first-order valence-electron chi connectivity index (χ1n) is 4.83. The van der Waals surface area contributed by atoms with E-state index in [1.807, 2.05) is 0 Å². The van der Waals surface area contributed by atoms with Crippen LogP contribution < -0.4 is 5.32 Å². The summed E-state index contributed by atoms with van der Waals surface area (Å²) in [5.41, 5.74) is 0. The third kappa shape index (κ3) is 2.61. The number of nitrogens with zero attached hydrogens (tertiary/aromatic N) is 3. The molecule has 0 spiro atoms. The first-order valence-corrected chi connectivity index (χ1v) is 6.52. The summed E-state index contributed by atoms with van der Waals surface area (Å²) in [5.74, 6) is -0.228. The molecule has 0 saturated carbocycles. The van der Waals surface area contributed by atoms with Crippen LogP contribution in [0.1, 0.15) is 28.2 Å². The Balaban J connectivity index is 2.01. The number of hydrogen-bond donors (Lipinski definition) is 1. The van der Waals surface area contributed by atoms with Crippen molar-refractivity contribution in [3.05, 3.63) is 21.6 Å². The third-order valence-corrected chi connectivity index (χ3v) is 3.45. The van der Waals surface area contributed by atoms with Crippen LogP contribution in [-0.4, -0.2) is 21.1 Å². The molecule has 16 heavy (non-hydrogen) atoms. The molecule has 0 aromatic carbocycles. The smallest absolute Gasteiger partial charge is 0.286 e. The molecule has 0 aliphatic rings. The lowest BCUT2D eigenvalue weighted by molar-refractivity contribution is 0.102. The highest BCUT2D eigenvalue weighted by atomic mass is 32.1. The molecule has 84 valence electrons. The third-order valence-electron chi connectivity index (χ3n) is 1.78. The monoisotopic (exact) mass is 254 g/mol. The van der Waals surface area contributed by atoms with E-state index in [1.165, 1.54) is 22.7 Å². The van der Waals surface area contributed by atoms with Gasteiger partial charge in [-0.1, -0.05) is 18.3 Å². The van der Waals surface area contributed by atoms with E-state index in [0.29, 0.717) is 10.1 Å². The van der Waals surface area contributed by atoms with E-state index in [4.69, 9.17) is 0 Å². The molecule has 7 heteroatoms. The lowest BCUT2D eigenvalue weighted by Gasteiger charge is -1.95. The van der Waals surface area contributed by atoms with Crippen LogP contribution >= 0.6 is 22.7 Å². The van der Waals surface area contributed by atoms with Crippen LogP contribution in [0.4, 0.5) is 5.13 Å². The van der Waals surface area contributed by atoms with E-state index in [2.05, 4.69) is 27.4 Å². The first-order chi connectivity index (χ1) is 7.79. The van der Waals surface area contributed by atoms with E-state index in [9.17, 15) is 4.79 Å². The SMILES string of the molecule is CCCc1nnc(NC(=O)c2nccs2)s1. The van der Waals surface area contributed by atoms with Gasteiger partial charge in [-0.15, -0.1) is 21.5 Å². The minimum Gasteiger partial charge on any atom is -0.294 e. The Labute approximate surface area is 101 Å². The van der Waals surface area contributed by atoms with Gasteiger partial charge in [0.2, 0.25) is 5.13 Å². The molecule has 0 radical (unpaired) electrons. The Kier molecular flexibility index (Phi) is 3.58. The van der Waals surface area contributed by atoms with E-state index in [1.54, 1.807) is 11.6 Å². The van der Waals surface area contributed by atoms with Crippen LogP contribution in [0.2, 0.25) is 0 Å². The van der Waals surface area contributed by atoms with Gasteiger partial charge in [-0.3, -0.25) is 10.1 Å². The number of aryl methyl sites for hydroxylation is 1. The highest BCUT2D eigenvalue weighted by Crippen LogP contribution is 2.17. The fourth-order valence-corrected chi connectivity index (χ4v) is 2.47. The lowest BCUT2D eigenvalue weighted by atomic mass is 10.4. The van der Waals surface area contributed by atoms with Gasteiger partial charge in [0.05, 0.1) is 0 Å². The molecule has 0 unspecified atom stereocenters. The molecular formula is C9H10N4OS2. The van der Waals surface area contributed by atoms with E-state index in [-0.39, 0.29) is 5.91 Å². The van der Waals surface area contributed by atoms with Gasteiger partial charge in [-0.2, -0.15) is 0 Å². The van der Waals surface area contributed by atoms with Gasteiger partial charge in [-0.05, 0) is 6.42 Å². The number of thiazole rings is 1. The zero-order valence-corrected chi connectivity index (χ0v) is 10.3. The Morgan fingerprint density at radius 2 is 2.38 bits per heavy atom. The zero-order valence-electron chi connectivity index (χ0n) is 8.64. The predicted molar refractivity (Wildman–Crippen MR) is 64.0 cm³/mol. The van der Waals surface area contributed by atoms with Crippen LogP contribution in [0.15, 0.2) is 11.6 Å². The second kappa shape index (κ2) is 5.13. The summed E-state index contributed by atoms with van der Waals surface area (Å²) >= 11 is 2.71. The van der Waals surface area contributed by atoms with Crippen LogP contribution in [-0.2, 0) is 6.42 Å². The molecule has 0 aliphatic carbocycles. The zero-order chi connectivity index (χ0) is 11.4. The van der Waals surface area contributed by atoms with Gasteiger partial charge in [0.15, 0.2) is 5.01 Å². The van der Waals surface area contributed by atoms with Gasteiger partial charge in [0, 0.05) is 18.0 Å².